The molecule has 0 aliphatic heterocycles. The number of primary amides is 1. The van der Waals surface area contributed by atoms with Crippen molar-refractivity contribution in [1.82, 2.24) is 0 Å². The molecule has 0 spiro atoms. The molecule has 0 saturated heterocycles. The van der Waals surface area contributed by atoms with Gasteiger partial charge in [0.25, 0.3) is 10.0 Å². The second-order valence-corrected chi connectivity index (χ2v) is 9.69. The lowest BCUT2D eigenvalue weighted by molar-refractivity contribution is 0.139. The number of para-hydroxylation sites is 1. The van der Waals surface area contributed by atoms with Gasteiger partial charge in [-0.25, -0.2) is 13.2 Å². The summed E-state index contributed by atoms with van der Waals surface area (Å²) >= 11 is 0. The molecule has 9 heteroatoms. The zero-order chi connectivity index (χ0) is 23.2. The first-order valence-corrected chi connectivity index (χ1v) is 11.4. The minimum absolute atomic E-state index is 0.0129. The molecule has 0 fully saturated rings. The van der Waals surface area contributed by atoms with Crippen molar-refractivity contribution in [3.63, 3.8) is 0 Å². The Morgan fingerprint density at radius 2 is 1.77 bits per heavy atom. The van der Waals surface area contributed by atoms with Gasteiger partial charge in [-0.3, -0.25) is 4.31 Å². The Kier molecular flexibility index (Phi) is 8.15. The average Bonchev–Trinajstić information content (AvgIpc) is 2.72. The molecule has 0 aromatic heterocycles. The van der Waals surface area contributed by atoms with E-state index in [1.165, 1.54) is 23.5 Å². The van der Waals surface area contributed by atoms with Crippen molar-refractivity contribution in [2.24, 2.45) is 17.6 Å². The summed E-state index contributed by atoms with van der Waals surface area (Å²) in [6, 6.07) is 11.1. The molecule has 1 atom stereocenters. The summed E-state index contributed by atoms with van der Waals surface area (Å²) in [6.07, 6.45) is -0.482. The Bertz CT molecular complexity index is 990. The number of carbonyl (C=O) groups excluding carboxylic acids is 1. The van der Waals surface area contributed by atoms with Crippen LogP contribution in [0.2, 0.25) is 0 Å². The number of aromatic hydroxyl groups is 1. The standard InChI is InChI=1S/C22H30N2O6S/c1-15(2)13-24(31(27,28)19-10-8-18(29-4)9-11-19)20-7-5-6-17(21(20)25)12-16(3)14-30-22(23)26/h5-11,15-16,25H,12-14H2,1-4H3,(H2,23,26)/t16-/m1/s1. The highest BCUT2D eigenvalue weighted by atomic mass is 32.2. The minimum Gasteiger partial charge on any atom is -0.505 e. The quantitative estimate of drug-likeness (QED) is 0.572. The molecule has 0 saturated carbocycles. The van der Waals surface area contributed by atoms with Gasteiger partial charge >= 0.3 is 6.09 Å². The molecule has 170 valence electrons. The highest BCUT2D eigenvalue weighted by molar-refractivity contribution is 7.92. The topological polar surface area (TPSA) is 119 Å². The Balaban J connectivity index is 2.42. The van der Waals surface area contributed by atoms with Crippen LogP contribution in [0.4, 0.5) is 10.5 Å². The molecular formula is C22H30N2O6S. The normalized spacial score (nSPS) is 12.4. The lowest BCUT2D eigenvalue weighted by Gasteiger charge is -2.28. The van der Waals surface area contributed by atoms with Crippen molar-refractivity contribution < 1.29 is 27.8 Å². The van der Waals surface area contributed by atoms with Gasteiger partial charge < -0.3 is 20.3 Å². The Morgan fingerprint density at radius 1 is 1.13 bits per heavy atom. The van der Waals surface area contributed by atoms with Gasteiger partial charge in [0.2, 0.25) is 0 Å². The molecule has 2 rings (SSSR count). The number of nitrogens with two attached hydrogens (primary N) is 1. The number of amides is 1. The van der Waals surface area contributed by atoms with Crippen LogP contribution in [0.15, 0.2) is 47.4 Å². The Morgan fingerprint density at radius 3 is 2.32 bits per heavy atom. The molecule has 0 aliphatic rings. The minimum atomic E-state index is -3.93. The second-order valence-electron chi connectivity index (χ2n) is 7.83. The summed E-state index contributed by atoms with van der Waals surface area (Å²) < 4.78 is 38.0. The maximum atomic E-state index is 13.4. The van der Waals surface area contributed by atoms with Crippen LogP contribution in [-0.2, 0) is 21.2 Å². The first-order chi connectivity index (χ1) is 14.6. The van der Waals surface area contributed by atoms with Gasteiger partial charge in [0, 0.05) is 6.54 Å². The number of ether oxygens (including phenoxy) is 2. The van der Waals surface area contributed by atoms with Gasteiger partial charge in [-0.1, -0.05) is 32.9 Å². The third kappa shape index (κ3) is 6.27. The SMILES string of the molecule is COc1ccc(S(=O)(=O)N(CC(C)C)c2cccc(C[C@@H](C)COC(N)=O)c2O)cc1. The van der Waals surface area contributed by atoms with E-state index in [0.29, 0.717) is 17.7 Å². The number of anilines is 1. The van der Waals surface area contributed by atoms with Crippen LogP contribution in [0.3, 0.4) is 0 Å². The van der Waals surface area contributed by atoms with Gasteiger partial charge in [0.1, 0.15) is 11.5 Å². The summed E-state index contributed by atoms with van der Waals surface area (Å²) in [5.74, 6) is 0.321. The summed E-state index contributed by atoms with van der Waals surface area (Å²) in [7, 11) is -2.42. The number of nitrogens with zero attached hydrogens (tertiary/aromatic N) is 1. The highest BCUT2D eigenvalue weighted by Gasteiger charge is 2.28. The monoisotopic (exact) mass is 450 g/mol. The van der Waals surface area contributed by atoms with E-state index in [0.717, 1.165) is 0 Å². The lowest BCUT2D eigenvalue weighted by atomic mass is 10.0. The van der Waals surface area contributed by atoms with Crippen molar-refractivity contribution in [1.29, 1.82) is 0 Å². The van der Waals surface area contributed by atoms with Crippen molar-refractivity contribution in [2.45, 2.75) is 32.1 Å². The van der Waals surface area contributed by atoms with E-state index >= 15 is 0 Å². The molecule has 2 aromatic carbocycles. The molecular weight excluding hydrogens is 420 g/mol. The Hall–Kier alpha value is -2.94. The van der Waals surface area contributed by atoms with Crippen molar-refractivity contribution in [2.75, 3.05) is 24.6 Å². The number of phenols is 1. The number of sulfonamides is 1. The first kappa shape index (κ1) is 24.3. The zero-order valence-electron chi connectivity index (χ0n) is 18.2. The number of phenolic OH excluding ortho intramolecular Hbond substituents is 1. The third-order valence-corrected chi connectivity index (χ3v) is 6.42. The summed E-state index contributed by atoms with van der Waals surface area (Å²) in [4.78, 5) is 10.9. The molecule has 2 aromatic rings. The molecule has 3 N–H and O–H groups in total. The smallest absolute Gasteiger partial charge is 0.404 e. The maximum Gasteiger partial charge on any atom is 0.404 e. The fraction of sp³-hybridized carbons (Fsp3) is 0.409. The van der Waals surface area contributed by atoms with Crippen LogP contribution in [0.25, 0.3) is 0 Å². The fourth-order valence-corrected chi connectivity index (χ4v) is 4.77. The van der Waals surface area contributed by atoms with Gasteiger partial charge in [-0.15, -0.1) is 0 Å². The van der Waals surface area contributed by atoms with Gasteiger partial charge in [0.05, 0.1) is 24.3 Å². The predicted octanol–water partition coefficient (Wildman–Crippen LogP) is 3.53. The van der Waals surface area contributed by atoms with Gasteiger partial charge in [-0.05, 0) is 54.2 Å². The number of methoxy groups -OCH3 is 1. The summed E-state index contributed by atoms with van der Waals surface area (Å²) in [5.41, 5.74) is 5.76. The average molecular weight is 451 g/mol. The van der Waals surface area contributed by atoms with Crippen LogP contribution in [0.1, 0.15) is 26.3 Å². The van der Waals surface area contributed by atoms with Crippen LogP contribution in [0.5, 0.6) is 11.5 Å². The molecule has 0 bridgehead atoms. The van der Waals surface area contributed by atoms with Crippen LogP contribution >= 0.6 is 0 Å². The number of hydrogen-bond donors (Lipinski definition) is 2. The van der Waals surface area contributed by atoms with E-state index in [1.54, 1.807) is 30.3 Å². The van der Waals surface area contributed by atoms with Gasteiger partial charge in [-0.2, -0.15) is 0 Å². The molecule has 0 radical (unpaired) electrons. The molecule has 0 heterocycles. The molecule has 8 nitrogen and oxygen atoms in total. The Labute approximate surface area is 183 Å². The van der Waals surface area contributed by atoms with Crippen molar-refractivity contribution >= 4 is 21.8 Å². The molecule has 0 unspecified atom stereocenters. The first-order valence-electron chi connectivity index (χ1n) is 9.96. The molecule has 0 aliphatic carbocycles. The van der Waals surface area contributed by atoms with E-state index < -0.39 is 16.1 Å². The molecule has 1 amide bonds. The van der Waals surface area contributed by atoms with Crippen LogP contribution in [-0.4, -0.2) is 39.9 Å². The van der Waals surface area contributed by atoms with Gasteiger partial charge in [0.15, 0.2) is 0 Å². The van der Waals surface area contributed by atoms with Crippen molar-refractivity contribution in [3.05, 3.63) is 48.0 Å². The largest absolute Gasteiger partial charge is 0.505 e. The number of benzene rings is 2. The maximum absolute atomic E-state index is 13.4. The lowest BCUT2D eigenvalue weighted by Crippen LogP contribution is -2.34. The number of hydrogen-bond acceptors (Lipinski definition) is 6. The van der Waals surface area contributed by atoms with E-state index in [9.17, 15) is 18.3 Å². The predicted molar refractivity (Wildman–Crippen MR) is 119 cm³/mol. The highest BCUT2D eigenvalue weighted by Crippen LogP contribution is 2.36. The van der Waals surface area contributed by atoms with Crippen LogP contribution in [0, 0.1) is 11.8 Å². The summed E-state index contributed by atoms with van der Waals surface area (Å²) in [6.45, 7) is 5.93. The zero-order valence-corrected chi connectivity index (χ0v) is 19.1. The van der Waals surface area contributed by atoms with Crippen molar-refractivity contribution in [3.8, 4) is 11.5 Å². The van der Waals surface area contributed by atoms with E-state index in [1.807, 2.05) is 20.8 Å². The number of rotatable bonds is 10. The second kappa shape index (κ2) is 10.4. The summed E-state index contributed by atoms with van der Waals surface area (Å²) in [5, 5.41) is 10.9. The molecule has 31 heavy (non-hydrogen) atoms. The fourth-order valence-electron chi connectivity index (χ4n) is 3.14. The third-order valence-electron chi connectivity index (χ3n) is 4.62. The van der Waals surface area contributed by atoms with E-state index in [2.05, 4.69) is 0 Å². The van der Waals surface area contributed by atoms with Crippen LogP contribution < -0.4 is 14.8 Å². The number of carbonyl (C=O) groups is 1. The van der Waals surface area contributed by atoms with E-state index in [4.69, 9.17) is 15.2 Å². The van der Waals surface area contributed by atoms with E-state index in [-0.39, 0.29) is 41.3 Å².